The largest absolute Gasteiger partial charge is 0.496 e. The highest BCUT2D eigenvalue weighted by molar-refractivity contribution is 7.20. The highest BCUT2D eigenvalue weighted by Crippen LogP contribution is 2.33. The number of fused-ring (bicyclic) bond motifs is 1. The van der Waals surface area contributed by atoms with Gasteiger partial charge in [0.2, 0.25) is 0 Å². The molecule has 23 heavy (non-hydrogen) atoms. The predicted molar refractivity (Wildman–Crippen MR) is 89.5 cm³/mol. The van der Waals surface area contributed by atoms with Gasteiger partial charge < -0.3 is 14.9 Å². The summed E-state index contributed by atoms with van der Waals surface area (Å²) < 4.78 is 6.31. The van der Waals surface area contributed by atoms with E-state index in [9.17, 15) is 9.59 Å². The van der Waals surface area contributed by atoms with E-state index in [1.807, 2.05) is 12.1 Å². The van der Waals surface area contributed by atoms with Crippen molar-refractivity contribution in [3.8, 4) is 5.75 Å². The number of aliphatic hydroxyl groups is 1. The molecule has 0 bridgehead atoms. The van der Waals surface area contributed by atoms with Gasteiger partial charge in [0.25, 0.3) is 0 Å². The summed E-state index contributed by atoms with van der Waals surface area (Å²) in [4.78, 5) is 23.7. The van der Waals surface area contributed by atoms with Crippen LogP contribution in [0.4, 0.5) is 0 Å². The summed E-state index contributed by atoms with van der Waals surface area (Å²) in [6, 6.07) is 5.67. The average molecular weight is 336 g/mol. The highest BCUT2D eigenvalue weighted by atomic mass is 32.1. The fourth-order valence-corrected chi connectivity index (χ4v) is 3.40. The molecule has 0 saturated heterocycles. The van der Waals surface area contributed by atoms with Gasteiger partial charge in [0.1, 0.15) is 5.75 Å². The first-order chi connectivity index (χ1) is 11.0. The molecule has 0 spiro atoms. The molecule has 0 aliphatic rings. The van der Waals surface area contributed by atoms with Crippen molar-refractivity contribution in [1.82, 2.24) is 0 Å². The molecule has 0 radical (unpaired) electrons. The molecular formula is C17H20O5S. The first-order valence-corrected chi connectivity index (χ1v) is 8.25. The number of hydrogen-bond acceptors (Lipinski definition) is 5. The Morgan fingerprint density at radius 2 is 2.04 bits per heavy atom. The maximum absolute atomic E-state index is 12.2. The Morgan fingerprint density at radius 3 is 2.65 bits per heavy atom. The standard InChI is InChI=1S/C17H20O5S/c1-10(17(20)21)6-13(19)16-8-12-7-11(4-3-5-18)14(22-2)9-15(12)23-16/h7-10,18H,3-6H2,1-2H3,(H,20,21)/t10-/m1/s1. The highest BCUT2D eigenvalue weighted by Gasteiger charge is 2.19. The number of benzene rings is 1. The van der Waals surface area contributed by atoms with E-state index in [0.29, 0.717) is 17.7 Å². The van der Waals surface area contributed by atoms with Crippen LogP contribution in [0.1, 0.15) is 35.0 Å². The van der Waals surface area contributed by atoms with Crippen LogP contribution in [-0.4, -0.2) is 35.7 Å². The van der Waals surface area contributed by atoms with E-state index >= 15 is 0 Å². The molecule has 1 heterocycles. The minimum atomic E-state index is -0.965. The summed E-state index contributed by atoms with van der Waals surface area (Å²) in [6.45, 7) is 1.64. The number of methoxy groups -OCH3 is 1. The maximum atomic E-state index is 12.2. The second kappa shape index (κ2) is 7.57. The number of carboxylic acids is 1. The third kappa shape index (κ3) is 4.09. The number of carboxylic acid groups (broad SMARTS) is 1. The van der Waals surface area contributed by atoms with Crippen molar-refractivity contribution < 1.29 is 24.5 Å². The van der Waals surface area contributed by atoms with Gasteiger partial charge >= 0.3 is 5.97 Å². The average Bonchev–Trinajstić information content (AvgIpc) is 2.94. The third-order valence-electron chi connectivity index (χ3n) is 3.71. The van der Waals surface area contributed by atoms with Gasteiger partial charge in [-0.15, -0.1) is 11.3 Å². The Balaban J connectivity index is 2.30. The predicted octanol–water partition coefficient (Wildman–Crippen LogP) is 3.13. The smallest absolute Gasteiger partial charge is 0.306 e. The van der Waals surface area contributed by atoms with Gasteiger partial charge in [-0.1, -0.05) is 6.92 Å². The number of ketones is 1. The second-order valence-corrected chi connectivity index (χ2v) is 6.59. The van der Waals surface area contributed by atoms with Crippen molar-refractivity contribution in [2.45, 2.75) is 26.2 Å². The summed E-state index contributed by atoms with van der Waals surface area (Å²) in [7, 11) is 1.60. The number of aliphatic hydroxyl groups excluding tert-OH is 1. The van der Waals surface area contributed by atoms with Crippen molar-refractivity contribution in [2.24, 2.45) is 5.92 Å². The van der Waals surface area contributed by atoms with Crippen LogP contribution in [0.3, 0.4) is 0 Å². The minimum absolute atomic E-state index is 0.00331. The number of carbonyl (C=O) groups excluding carboxylic acids is 1. The Kier molecular flexibility index (Phi) is 5.74. The summed E-state index contributed by atoms with van der Waals surface area (Å²) in [6.07, 6.45) is 1.34. The number of hydrogen-bond donors (Lipinski definition) is 2. The van der Waals surface area contributed by atoms with Crippen LogP contribution in [-0.2, 0) is 11.2 Å². The number of aliphatic carboxylic acids is 1. The monoisotopic (exact) mass is 336 g/mol. The van der Waals surface area contributed by atoms with Gasteiger partial charge in [0, 0.05) is 17.7 Å². The minimum Gasteiger partial charge on any atom is -0.496 e. The Labute approximate surface area is 138 Å². The lowest BCUT2D eigenvalue weighted by molar-refractivity contribution is -0.141. The van der Waals surface area contributed by atoms with Gasteiger partial charge in [0.05, 0.1) is 17.9 Å². The molecule has 2 aromatic rings. The van der Waals surface area contributed by atoms with Crippen LogP contribution in [0.15, 0.2) is 18.2 Å². The molecule has 1 atom stereocenters. The number of carbonyl (C=O) groups is 2. The van der Waals surface area contributed by atoms with Crippen LogP contribution in [0, 0.1) is 5.92 Å². The quantitative estimate of drug-likeness (QED) is 0.724. The van der Waals surface area contributed by atoms with Gasteiger partial charge in [0.15, 0.2) is 5.78 Å². The SMILES string of the molecule is COc1cc2sc(C(=O)C[C@@H](C)C(=O)O)cc2cc1CCCO. The molecule has 0 saturated carbocycles. The van der Waals surface area contributed by atoms with E-state index in [0.717, 1.165) is 21.4 Å². The lowest BCUT2D eigenvalue weighted by atomic mass is 10.0. The summed E-state index contributed by atoms with van der Waals surface area (Å²) >= 11 is 1.35. The molecule has 0 unspecified atom stereocenters. The zero-order chi connectivity index (χ0) is 17.0. The van der Waals surface area contributed by atoms with E-state index in [1.165, 1.54) is 18.3 Å². The topological polar surface area (TPSA) is 83.8 Å². The van der Waals surface area contributed by atoms with Gasteiger partial charge in [-0.3, -0.25) is 9.59 Å². The molecule has 2 rings (SSSR count). The molecule has 2 N–H and O–H groups in total. The molecular weight excluding hydrogens is 316 g/mol. The molecule has 0 fully saturated rings. The van der Waals surface area contributed by atoms with E-state index in [4.69, 9.17) is 14.9 Å². The first-order valence-electron chi connectivity index (χ1n) is 7.43. The summed E-state index contributed by atoms with van der Waals surface area (Å²) in [5.41, 5.74) is 0.991. The van der Waals surface area contributed by atoms with E-state index < -0.39 is 11.9 Å². The Hall–Kier alpha value is -1.92. The third-order valence-corrected chi connectivity index (χ3v) is 4.85. The van der Waals surface area contributed by atoms with Crippen LogP contribution >= 0.6 is 11.3 Å². The molecule has 6 heteroatoms. The van der Waals surface area contributed by atoms with Crippen LogP contribution < -0.4 is 4.74 Å². The fraction of sp³-hybridized carbons (Fsp3) is 0.412. The summed E-state index contributed by atoms with van der Waals surface area (Å²) in [5.74, 6) is -1.07. The number of aryl methyl sites for hydroxylation is 1. The van der Waals surface area contributed by atoms with E-state index in [2.05, 4.69) is 0 Å². The molecule has 124 valence electrons. The fourth-order valence-electron chi connectivity index (χ4n) is 2.37. The Morgan fingerprint density at radius 1 is 1.30 bits per heavy atom. The van der Waals surface area contributed by atoms with E-state index in [1.54, 1.807) is 13.2 Å². The van der Waals surface area contributed by atoms with Crippen molar-refractivity contribution in [2.75, 3.05) is 13.7 Å². The molecule has 1 aromatic heterocycles. The lowest BCUT2D eigenvalue weighted by Crippen LogP contribution is -2.13. The van der Waals surface area contributed by atoms with Gasteiger partial charge in [-0.25, -0.2) is 0 Å². The van der Waals surface area contributed by atoms with E-state index in [-0.39, 0.29) is 18.8 Å². The second-order valence-electron chi connectivity index (χ2n) is 5.51. The van der Waals surface area contributed by atoms with Crippen molar-refractivity contribution in [3.05, 3.63) is 28.6 Å². The zero-order valence-electron chi connectivity index (χ0n) is 13.2. The number of thiophene rings is 1. The van der Waals surface area contributed by atoms with Gasteiger partial charge in [-0.05, 0) is 42.0 Å². The van der Waals surface area contributed by atoms with Gasteiger partial charge in [-0.2, -0.15) is 0 Å². The Bertz CT molecular complexity index is 719. The van der Waals surface area contributed by atoms with Crippen molar-refractivity contribution in [1.29, 1.82) is 0 Å². The molecule has 1 aromatic carbocycles. The zero-order valence-corrected chi connectivity index (χ0v) is 14.0. The molecule has 0 aliphatic heterocycles. The number of ether oxygens (including phenoxy) is 1. The lowest BCUT2D eigenvalue weighted by Gasteiger charge is -2.07. The van der Waals surface area contributed by atoms with Crippen LogP contribution in [0.5, 0.6) is 5.75 Å². The van der Waals surface area contributed by atoms with Crippen LogP contribution in [0.25, 0.3) is 10.1 Å². The summed E-state index contributed by atoms with van der Waals surface area (Å²) in [5, 5.41) is 18.8. The number of Topliss-reactive ketones (excluding diaryl/α,β-unsaturated/α-hetero) is 1. The number of rotatable bonds is 8. The molecule has 5 nitrogen and oxygen atoms in total. The molecule has 0 aliphatic carbocycles. The normalized spacial score (nSPS) is 12.3. The van der Waals surface area contributed by atoms with Crippen molar-refractivity contribution in [3.63, 3.8) is 0 Å². The van der Waals surface area contributed by atoms with Crippen molar-refractivity contribution >= 4 is 33.2 Å². The first kappa shape index (κ1) is 17.4. The van der Waals surface area contributed by atoms with Crippen LogP contribution in [0.2, 0.25) is 0 Å². The molecule has 0 amide bonds. The maximum Gasteiger partial charge on any atom is 0.306 e.